The molecule has 4 atom stereocenters. The van der Waals surface area contributed by atoms with Gasteiger partial charge in [0.2, 0.25) is 0 Å². The minimum Gasteiger partial charge on any atom is -0.494 e. The Morgan fingerprint density at radius 1 is 1.17 bits per heavy atom. The second-order valence-electron chi connectivity index (χ2n) is 6.76. The molecular weight excluding hydrogens is 292 g/mol. The maximum absolute atomic E-state index is 12.4. The van der Waals surface area contributed by atoms with Crippen LogP contribution in [-0.2, 0) is 0 Å². The van der Waals surface area contributed by atoms with Gasteiger partial charge in [0.1, 0.15) is 17.2 Å². The van der Waals surface area contributed by atoms with Crippen molar-refractivity contribution in [1.29, 1.82) is 0 Å². The Morgan fingerprint density at radius 3 is 2.39 bits per heavy atom. The van der Waals surface area contributed by atoms with Gasteiger partial charge < -0.3 is 20.1 Å². The van der Waals surface area contributed by atoms with Gasteiger partial charge in [0.15, 0.2) is 0 Å². The third-order valence-electron chi connectivity index (χ3n) is 5.46. The van der Waals surface area contributed by atoms with Gasteiger partial charge >= 0.3 is 6.03 Å². The summed E-state index contributed by atoms with van der Waals surface area (Å²) >= 11 is 0. The molecule has 126 valence electrons. The molecule has 0 saturated heterocycles. The third-order valence-corrected chi connectivity index (χ3v) is 5.46. The average Bonchev–Trinajstić information content (AvgIpc) is 3.18. The van der Waals surface area contributed by atoms with Crippen molar-refractivity contribution < 1.29 is 14.3 Å². The van der Waals surface area contributed by atoms with E-state index in [4.69, 9.17) is 9.47 Å². The molecule has 1 aromatic carbocycles. The number of rotatable bonds is 5. The molecule has 2 amide bonds. The number of benzene rings is 1. The number of carbonyl (C=O) groups excluding carboxylic acids is 1. The number of ether oxygens (including phenoxy) is 2. The van der Waals surface area contributed by atoms with Crippen LogP contribution >= 0.6 is 0 Å². The summed E-state index contributed by atoms with van der Waals surface area (Å²) in [6, 6.07) is 5.42. The zero-order valence-corrected chi connectivity index (χ0v) is 14.1. The second-order valence-corrected chi connectivity index (χ2v) is 6.76. The van der Waals surface area contributed by atoms with Crippen LogP contribution in [0.15, 0.2) is 18.2 Å². The summed E-state index contributed by atoms with van der Waals surface area (Å²) in [5.74, 6) is 3.46. The molecule has 2 N–H and O–H groups in total. The van der Waals surface area contributed by atoms with E-state index in [-0.39, 0.29) is 12.1 Å². The van der Waals surface area contributed by atoms with Crippen LogP contribution in [0.5, 0.6) is 11.5 Å². The standard InChI is InChI=1S/C18H26N2O3/c1-11(14-10-12-7-8-13(14)9-12)19-18(21)20-17-15(22-2)5-4-6-16(17)23-3/h4-6,11-14H,7-10H2,1-3H3,(H2,19,20,21). The minimum atomic E-state index is -0.205. The predicted octanol–water partition coefficient (Wildman–Crippen LogP) is 3.65. The summed E-state index contributed by atoms with van der Waals surface area (Å²) < 4.78 is 10.6. The maximum Gasteiger partial charge on any atom is 0.319 e. The molecule has 2 aliphatic rings. The zero-order chi connectivity index (χ0) is 16.4. The van der Waals surface area contributed by atoms with E-state index in [1.807, 2.05) is 6.07 Å². The Labute approximate surface area is 137 Å². The fraction of sp³-hybridized carbons (Fsp3) is 0.611. The fourth-order valence-electron chi connectivity index (χ4n) is 4.34. The van der Waals surface area contributed by atoms with Gasteiger partial charge in [0.05, 0.1) is 14.2 Å². The molecule has 0 heterocycles. The van der Waals surface area contributed by atoms with Crippen LogP contribution in [0.25, 0.3) is 0 Å². The average molecular weight is 318 g/mol. The summed E-state index contributed by atoms with van der Waals surface area (Å²) in [5, 5.41) is 5.98. The molecule has 0 aliphatic heterocycles. The highest BCUT2D eigenvalue weighted by atomic mass is 16.5. The summed E-state index contributed by atoms with van der Waals surface area (Å²) in [4.78, 5) is 12.4. The molecule has 2 bridgehead atoms. The smallest absolute Gasteiger partial charge is 0.319 e. The van der Waals surface area contributed by atoms with Crippen molar-refractivity contribution in [2.75, 3.05) is 19.5 Å². The van der Waals surface area contributed by atoms with E-state index < -0.39 is 0 Å². The number of urea groups is 1. The van der Waals surface area contributed by atoms with Crippen molar-refractivity contribution in [2.24, 2.45) is 17.8 Å². The van der Waals surface area contributed by atoms with Gasteiger partial charge in [-0.1, -0.05) is 12.5 Å². The molecule has 2 saturated carbocycles. The summed E-state index contributed by atoms with van der Waals surface area (Å²) in [5.41, 5.74) is 0.565. The topological polar surface area (TPSA) is 59.6 Å². The number of amides is 2. The van der Waals surface area contributed by atoms with E-state index in [1.54, 1.807) is 26.4 Å². The Hall–Kier alpha value is -1.91. The van der Waals surface area contributed by atoms with Crippen molar-refractivity contribution in [3.63, 3.8) is 0 Å². The molecule has 0 spiro atoms. The molecule has 23 heavy (non-hydrogen) atoms. The van der Waals surface area contributed by atoms with Crippen LogP contribution in [-0.4, -0.2) is 26.3 Å². The Kier molecular flexibility index (Phi) is 4.64. The van der Waals surface area contributed by atoms with E-state index in [1.165, 1.54) is 25.7 Å². The first-order valence-corrected chi connectivity index (χ1v) is 8.41. The van der Waals surface area contributed by atoms with Gasteiger partial charge in [0.25, 0.3) is 0 Å². The van der Waals surface area contributed by atoms with Crippen LogP contribution < -0.4 is 20.1 Å². The van der Waals surface area contributed by atoms with E-state index in [2.05, 4.69) is 17.6 Å². The quantitative estimate of drug-likeness (QED) is 0.871. The first-order valence-electron chi connectivity index (χ1n) is 8.41. The molecule has 0 aromatic heterocycles. The van der Waals surface area contributed by atoms with E-state index in [0.29, 0.717) is 23.1 Å². The Morgan fingerprint density at radius 2 is 1.87 bits per heavy atom. The van der Waals surface area contributed by atoms with Crippen molar-refractivity contribution in [1.82, 2.24) is 5.32 Å². The predicted molar refractivity (Wildman–Crippen MR) is 90.1 cm³/mol. The summed E-state index contributed by atoms with van der Waals surface area (Å²) in [6.45, 7) is 2.12. The van der Waals surface area contributed by atoms with Gasteiger partial charge in [-0.3, -0.25) is 0 Å². The molecule has 2 fully saturated rings. The van der Waals surface area contributed by atoms with Crippen LogP contribution in [0.3, 0.4) is 0 Å². The lowest BCUT2D eigenvalue weighted by molar-refractivity contribution is 0.230. The lowest BCUT2D eigenvalue weighted by Gasteiger charge is -2.28. The van der Waals surface area contributed by atoms with Crippen LogP contribution in [0, 0.1) is 17.8 Å². The first-order chi connectivity index (χ1) is 11.1. The highest BCUT2D eigenvalue weighted by Crippen LogP contribution is 2.49. The molecule has 5 heteroatoms. The molecular formula is C18H26N2O3. The van der Waals surface area contributed by atoms with Crippen LogP contribution in [0.4, 0.5) is 10.5 Å². The number of nitrogens with one attached hydrogen (secondary N) is 2. The SMILES string of the molecule is COc1cccc(OC)c1NC(=O)NC(C)C1CC2CCC1C2. The van der Waals surface area contributed by atoms with Gasteiger partial charge in [0, 0.05) is 6.04 Å². The Balaban J connectivity index is 1.63. The Bertz CT molecular complexity index is 553. The van der Waals surface area contributed by atoms with E-state index in [9.17, 15) is 4.79 Å². The monoisotopic (exact) mass is 318 g/mol. The summed E-state index contributed by atoms with van der Waals surface area (Å²) in [6.07, 6.45) is 5.30. The lowest BCUT2D eigenvalue weighted by Crippen LogP contribution is -2.42. The highest BCUT2D eigenvalue weighted by molar-refractivity contribution is 5.93. The maximum atomic E-state index is 12.4. The van der Waals surface area contributed by atoms with Crippen molar-refractivity contribution >= 4 is 11.7 Å². The second kappa shape index (κ2) is 6.69. The normalized spacial score (nSPS) is 26.7. The molecule has 5 nitrogen and oxygen atoms in total. The number of fused-ring (bicyclic) bond motifs is 2. The largest absolute Gasteiger partial charge is 0.494 e. The van der Waals surface area contributed by atoms with Gasteiger partial charge in [-0.2, -0.15) is 0 Å². The molecule has 4 unspecified atom stereocenters. The lowest BCUT2D eigenvalue weighted by atomic mass is 9.84. The van der Waals surface area contributed by atoms with Gasteiger partial charge in [-0.25, -0.2) is 4.79 Å². The minimum absolute atomic E-state index is 0.186. The molecule has 3 rings (SSSR count). The highest BCUT2D eigenvalue weighted by Gasteiger charge is 2.42. The molecule has 0 radical (unpaired) electrons. The fourth-order valence-corrected chi connectivity index (χ4v) is 4.34. The van der Waals surface area contributed by atoms with Gasteiger partial charge in [-0.15, -0.1) is 0 Å². The molecule has 2 aliphatic carbocycles. The zero-order valence-electron chi connectivity index (χ0n) is 14.1. The van der Waals surface area contributed by atoms with E-state index in [0.717, 1.165) is 11.8 Å². The van der Waals surface area contributed by atoms with E-state index >= 15 is 0 Å². The number of para-hydroxylation sites is 1. The van der Waals surface area contributed by atoms with Crippen molar-refractivity contribution in [3.8, 4) is 11.5 Å². The van der Waals surface area contributed by atoms with Gasteiger partial charge in [-0.05, 0) is 56.1 Å². The summed E-state index contributed by atoms with van der Waals surface area (Å²) in [7, 11) is 3.16. The number of hydrogen-bond donors (Lipinski definition) is 2. The van der Waals surface area contributed by atoms with Crippen LogP contribution in [0.2, 0.25) is 0 Å². The number of carbonyl (C=O) groups is 1. The van der Waals surface area contributed by atoms with Crippen molar-refractivity contribution in [3.05, 3.63) is 18.2 Å². The van der Waals surface area contributed by atoms with Crippen molar-refractivity contribution in [2.45, 2.75) is 38.6 Å². The number of anilines is 1. The van der Waals surface area contributed by atoms with Crippen LogP contribution in [0.1, 0.15) is 32.6 Å². The number of methoxy groups -OCH3 is 2. The number of hydrogen-bond acceptors (Lipinski definition) is 3. The molecule has 1 aromatic rings. The third kappa shape index (κ3) is 3.23. The first kappa shape index (κ1) is 16.0.